The Hall–Kier alpha value is -0.130. The summed E-state index contributed by atoms with van der Waals surface area (Å²) in [5.74, 6) is 0. The van der Waals surface area contributed by atoms with Crippen molar-refractivity contribution in [3.8, 4) is 0 Å². The SMILES string of the molecule is CCCCCCCC(C)(CCCC)CCCO[C@@H]1CCCN(S(=O)(=O)C(C)(CC)CCCCCC)C1. The number of hydrogen-bond donors (Lipinski definition) is 0. The van der Waals surface area contributed by atoms with Crippen molar-refractivity contribution in [3.05, 3.63) is 0 Å². The van der Waals surface area contributed by atoms with E-state index in [2.05, 4.69) is 27.7 Å². The molecule has 0 bridgehead atoms. The summed E-state index contributed by atoms with van der Waals surface area (Å²) in [5.41, 5.74) is 0.425. The molecular formula is C31H63NO3S. The highest BCUT2D eigenvalue weighted by Crippen LogP contribution is 2.36. The van der Waals surface area contributed by atoms with Gasteiger partial charge in [-0.2, -0.15) is 4.31 Å². The molecule has 4 nitrogen and oxygen atoms in total. The molecule has 1 rings (SSSR count). The number of hydrogen-bond acceptors (Lipinski definition) is 3. The minimum Gasteiger partial charge on any atom is -0.377 e. The second-order valence-electron chi connectivity index (χ2n) is 12.3. The topological polar surface area (TPSA) is 46.6 Å². The van der Waals surface area contributed by atoms with Gasteiger partial charge >= 0.3 is 0 Å². The number of sulfonamides is 1. The summed E-state index contributed by atoms with van der Waals surface area (Å²) in [6.07, 6.45) is 22.2. The summed E-state index contributed by atoms with van der Waals surface area (Å²) in [6, 6.07) is 0. The molecule has 0 saturated carbocycles. The molecule has 2 unspecified atom stereocenters. The average Bonchev–Trinajstić information content (AvgIpc) is 2.88. The summed E-state index contributed by atoms with van der Waals surface area (Å²) in [4.78, 5) is 0. The first-order valence-corrected chi connectivity index (χ1v) is 17.2. The van der Waals surface area contributed by atoms with Crippen molar-refractivity contribution >= 4 is 10.0 Å². The molecule has 1 heterocycles. The number of piperidine rings is 1. The lowest BCUT2D eigenvalue weighted by molar-refractivity contribution is 0.0122. The highest BCUT2D eigenvalue weighted by molar-refractivity contribution is 7.90. The molecule has 0 aromatic rings. The minimum atomic E-state index is -3.32. The van der Waals surface area contributed by atoms with E-state index in [1.807, 2.05) is 13.8 Å². The molecule has 0 spiro atoms. The minimum absolute atomic E-state index is 0.0469. The zero-order valence-electron chi connectivity index (χ0n) is 25.2. The molecule has 0 aliphatic carbocycles. The fraction of sp³-hybridized carbons (Fsp3) is 1.00. The number of nitrogens with zero attached hydrogens (tertiary/aromatic N) is 1. The second-order valence-corrected chi connectivity index (χ2v) is 14.7. The Balaban J connectivity index is 2.56. The Morgan fingerprint density at radius 3 is 1.94 bits per heavy atom. The molecule has 1 aliphatic heterocycles. The fourth-order valence-corrected chi connectivity index (χ4v) is 7.99. The maximum Gasteiger partial charge on any atom is 0.219 e. The molecule has 36 heavy (non-hydrogen) atoms. The predicted octanol–water partition coefficient (Wildman–Crippen LogP) is 9.27. The van der Waals surface area contributed by atoms with Gasteiger partial charge in [0.1, 0.15) is 0 Å². The van der Waals surface area contributed by atoms with E-state index < -0.39 is 14.8 Å². The van der Waals surface area contributed by atoms with E-state index in [9.17, 15) is 8.42 Å². The van der Waals surface area contributed by atoms with Crippen molar-refractivity contribution in [2.75, 3.05) is 19.7 Å². The monoisotopic (exact) mass is 529 g/mol. The normalized spacial score (nSPS) is 20.8. The third-order valence-corrected chi connectivity index (χ3v) is 11.7. The highest BCUT2D eigenvalue weighted by atomic mass is 32.2. The fourth-order valence-electron chi connectivity index (χ4n) is 5.87. The van der Waals surface area contributed by atoms with Crippen LogP contribution in [-0.2, 0) is 14.8 Å². The van der Waals surface area contributed by atoms with Crippen molar-refractivity contribution in [1.29, 1.82) is 0 Å². The molecule has 0 aromatic heterocycles. The quantitative estimate of drug-likeness (QED) is 0.131. The van der Waals surface area contributed by atoms with Crippen LogP contribution < -0.4 is 0 Å². The summed E-state index contributed by atoms with van der Waals surface area (Å²) in [7, 11) is -3.32. The van der Waals surface area contributed by atoms with Crippen molar-refractivity contribution in [1.82, 2.24) is 4.31 Å². The van der Waals surface area contributed by atoms with Crippen LogP contribution in [0.2, 0.25) is 0 Å². The van der Waals surface area contributed by atoms with E-state index >= 15 is 0 Å². The van der Waals surface area contributed by atoms with E-state index in [0.29, 0.717) is 24.9 Å². The van der Waals surface area contributed by atoms with Gasteiger partial charge in [-0.05, 0) is 63.7 Å². The van der Waals surface area contributed by atoms with Gasteiger partial charge in [0.25, 0.3) is 0 Å². The Kier molecular flexibility index (Phi) is 17.1. The van der Waals surface area contributed by atoms with Crippen LogP contribution in [0.3, 0.4) is 0 Å². The Bertz CT molecular complexity index is 652. The van der Waals surface area contributed by atoms with Crippen LogP contribution >= 0.6 is 0 Å². The van der Waals surface area contributed by atoms with E-state index in [1.165, 1.54) is 77.0 Å². The summed E-state index contributed by atoms with van der Waals surface area (Å²) in [6.45, 7) is 15.2. The van der Waals surface area contributed by atoms with Gasteiger partial charge in [0, 0.05) is 19.7 Å². The largest absolute Gasteiger partial charge is 0.377 e. The van der Waals surface area contributed by atoms with Gasteiger partial charge in [0.2, 0.25) is 10.0 Å². The van der Waals surface area contributed by atoms with Crippen LogP contribution in [-0.4, -0.2) is 43.3 Å². The van der Waals surface area contributed by atoms with Crippen LogP contribution in [0.25, 0.3) is 0 Å². The van der Waals surface area contributed by atoms with Gasteiger partial charge in [-0.25, -0.2) is 8.42 Å². The molecule has 216 valence electrons. The Morgan fingerprint density at radius 1 is 0.750 bits per heavy atom. The summed E-state index contributed by atoms with van der Waals surface area (Å²) < 4.78 is 34.7. The summed E-state index contributed by atoms with van der Waals surface area (Å²) in [5, 5.41) is 0. The Labute approximate surface area is 226 Å². The molecule has 0 aromatic carbocycles. The van der Waals surface area contributed by atoms with E-state index in [-0.39, 0.29) is 6.10 Å². The molecular weight excluding hydrogens is 466 g/mol. The van der Waals surface area contributed by atoms with E-state index in [0.717, 1.165) is 45.1 Å². The standard InChI is InChI=1S/C31H63NO3S/c1-7-11-14-16-17-23-30(5,22-13-9-3)24-20-27-35-29-21-19-26-32(28-29)36(33,34)31(6,10-4)25-18-15-12-8-2/h29H,7-28H2,1-6H3/t29-,30?,31?/m1/s1. The van der Waals surface area contributed by atoms with E-state index in [4.69, 9.17) is 4.74 Å². The first kappa shape index (κ1) is 33.9. The number of ether oxygens (including phenoxy) is 1. The predicted molar refractivity (Wildman–Crippen MR) is 157 cm³/mol. The van der Waals surface area contributed by atoms with Crippen LogP contribution in [0.1, 0.15) is 164 Å². The van der Waals surface area contributed by atoms with E-state index in [1.54, 1.807) is 4.31 Å². The smallest absolute Gasteiger partial charge is 0.219 e. The lowest BCUT2D eigenvalue weighted by Crippen LogP contribution is -2.51. The van der Waals surface area contributed by atoms with Gasteiger partial charge in [0.15, 0.2) is 0 Å². The van der Waals surface area contributed by atoms with Gasteiger partial charge < -0.3 is 4.74 Å². The lowest BCUT2D eigenvalue weighted by Gasteiger charge is -2.39. The second kappa shape index (κ2) is 18.2. The van der Waals surface area contributed by atoms with Crippen LogP contribution in [0, 0.1) is 5.41 Å². The zero-order valence-corrected chi connectivity index (χ0v) is 26.0. The molecule has 1 aliphatic rings. The van der Waals surface area contributed by atoms with Crippen LogP contribution in [0.4, 0.5) is 0 Å². The molecule has 5 heteroatoms. The molecule has 1 saturated heterocycles. The van der Waals surface area contributed by atoms with Crippen molar-refractivity contribution in [2.24, 2.45) is 5.41 Å². The average molecular weight is 530 g/mol. The van der Waals surface area contributed by atoms with Gasteiger partial charge in [-0.15, -0.1) is 0 Å². The lowest BCUT2D eigenvalue weighted by atomic mass is 9.76. The third-order valence-electron chi connectivity index (χ3n) is 8.91. The highest BCUT2D eigenvalue weighted by Gasteiger charge is 2.43. The van der Waals surface area contributed by atoms with Crippen molar-refractivity contribution in [2.45, 2.75) is 174 Å². The van der Waals surface area contributed by atoms with Crippen LogP contribution in [0.5, 0.6) is 0 Å². The van der Waals surface area contributed by atoms with Gasteiger partial charge in [-0.1, -0.05) is 105 Å². The van der Waals surface area contributed by atoms with Gasteiger partial charge in [0.05, 0.1) is 10.9 Å². The molecule has 1 fully saturated rings. The van der Waals surface area contributed by atoms with Crippen LogP contribution in [0.15, 0.2) is 0 Å². The third kappa shape index (κ3) is 11.7. The molecule has 0 radical (unpaired) electrons. The number of unbranched alkanes of at least 4 members (excludes halogenated alkanes) is 8. The summed E-state index contributed by atoms with van der Waals surface area (Å²) >= 11 is 0. The van der Waals surface area contributed by atoms with Gasteiger partial charge in [-0.3, -0.25) is 0 Å². The van der Waals surface area contributed by atoms with Crippen molar-refractivity contribution < 1.29 is 13.2 Å². The Morgan fingerprint density at radius 2 is 1.31 bits per heavy atom. The molecule has 3 atom stereocenters. The molecule has 0 N–H and O–H groups in total. The van der Waals surface area contributed by atoms with Crippen molar-refractivity contribution in [3.63, 3.8) is 0 Å². The maximum atomic E-state index is 13.6. The first-order valence-electron chi connectivity index (χ1n) is 15.8. The first-order chi connectivity index (χ1) is 17.2. The zero-order chi connectivity index (χ0) is 26.9. The number of rotatable bonds is 22. The molecule has 0 amide bonds. The maximum absolute atomic E-state index is 13.6.